The number of hydrogen-bond donors (Lipinski definition) is 2. The summed E-state index contributed by atoms with van der Waals surface area (Å²) < 4.78 is 0. The third-order valence-corrected chi connectivity index (χ3v) is 4.41. The minimum atomic E-state index is -0.0913. The van der Waals surface area contributed by atoms with Crippen molar-refractivity contribution < 1.29 is 5.11 Å². The maximum atomic E-state index is 9.45. The first-order valence-electron chi connectivity index (χ1n) is 7.59. The molecule has 0 amide bonds. The molecule has 1 fully saturated rings. The third kappa shape index (κ3) is 4.87. The van der Waals surface area contributed by atoms with Gasteiger partial charge in [-0.15, -0.1) is 0 Å². The van der Waals surface area contributed by atoms with Crippen molar-refractivity contribution in [3.05, 3.63) is 0 Å². The number of aliphatic hydroxyl groups excluding tert-OH is 1. The summed E-state index contributed by atoms with van der Waals surface area (Å²) in [6.45, 7) is 13.8. The predicted octanol–water partition coefficient (Wildman–Crippen LogP) is 2.10. The number of aliphatic hydroxyl groups is 1. The number of rotatable bonds is 8. The van der Waals surface area contributed by atoms with Gasteiger partial charge in [0.2, 0.25) is 0 Å². The minimum absolute atomic E-state index is 0.0913. The van der Waals surface area contributed by atoms with Crippen LogP contribution in [0.2, 0.25) is 0 Å². The lowest BCUT2D eigenvalue weighted by atomic mass is 9.95. The molecule has 0 bridgehead atoms. The number of hydrogen-bond acceptors (Lipinski definition) is 3. The predicted molar refractivity (Wildman–Crippen MR) is 77.8 cm³/mol. The fourth-order valence-corrected chi connectivity index (χ4v) is 2.95. The highest BCUT2D eigenvalue weighted by molar-refractivity contribution is 4.83. The number of likely N-dealkylation sites (tertiary alicyclic amines) is 1. The zero-order valence-corrected chi connectivity index (χ0v) is 12.7. The topological polar surface area (TPSA) is 35.5 Å². The second kappa shape index (κ2) is 7.46. The van der Waals surface area contributed by atoms with Crippen molar-refractivity contribution in [3.8, 4) is 0 Å². The van der Waals surface area contributed by atoms with Gasteiger partial charge in [0.15, 0.2) is 0 Å². The Morgan fingerprint density at radius 1 is 1.44 bits per heavy atom. The van der Waals surface area contributed by atoms with E-state index in [9.17, 15) is 5.11 Å². The molecule has 108 valence electrons. The second-order valence-corrected chi connectivity index (χ2v) is 6.45. The first-order chi connectivity index (χ1) is 8.50. The molecule has 18 heavy (non-hydrogen) atoms. The lowest BCUT2D eigenvalue weighted by Crippen LogP contribution is -2.46. The Morgan fingerprint density at radius 2 is 2.17 bits per heavy atom. The quantitative estimate of drug-likeness (QED) is 0.698. The first-order valence-corrected chi connectivity index (χ1v) is 7.59. The van der Waals surface area contributed by atoms with E-state index in [1.807, 2.05) is 0 Å². The summed E-state index contributed by atoms with van der Waals surface area (Å²) >= 11 is 0. The zero-order chi connectivity index (χ0) is 13.6. The van der Waals surface area contributed by atoms with Crippen LogP contribution < -0.4 is 5.32 Å². The molecule has 3 heteroatoms. The van der Waals surface area contributed by atoms with Gasteiger partial charge in [0.05, 0.1) is 6.61 Å². The van der Waals surface area contributed by atoms with E-state index in [0.717, 1.165) is 24.8 Å². The summed E-state index contributed by atoms with van der Waals surface area (Å²) in [7, 11) is 0. The number of likely N-dealkylation sites (N-methyl/N-ethyl adjacent to an activating group) is 1. The second-order valence-electron chi connectivity index (χ2n) is 6.45. The lowest BCUT2D eigenvalue weighted by Gasteiger charge is -2.29. The van der Waals surface area contributed by atoms with Gasteiger partial charge in [-0.3, -0.25) is 0 Å². The molecule has 0 spiro atoms. The Labute approximate surface area is 113 Å². The van der Waals surface area contributed by atoms with E-state index in [4.69, 9.17) is 0 Å². The van der Waals surface area contributed by atoms with Crippen molar-refractivity contribution in [2.75, 3.05) is 32.8 Å². The highest BCUT2D eigenvalue weighted by Gasteiger charge is 2.26. The van der Waals surface area contributed by atoms with Crippen LogP contribution in [0.5, 0.6) is 0 Å². The van der Waals surface area contributed by atoms with Crippen LogP contribution in [0.15, 0.2) is 0 Å². The molecule has 2 N–H and O–H groups in total. The molecule has 1 heterocycles. The van der Waals surface area contributed by atoms with Crippen LogP contribution in [0.3, 0.4) is 0 Å². The molecule has 1 aliphatic heterocycles. The van der Waals surface area contributed by atoms with Gasteiger partial charge in [-0.2, -0.15) is 0 Å². The highest BCUT2D eigenvalue weighted by atomic mass is 16.3. The van der Waals surface area contributed by atoms with Crippen molar-refractivity contribution >= 4 is 0 Å². The normalized spacial score (nSPS) is 24.7. The minimum Gasteiger partial charge on any atom is -0.394 e. The Balaban J connectivity index is 2.22. The van der Waals surface area contributed by atoms with Crippen LogP contribution in [0.25, 0.3) is 0 Å². The van der Waals surface area contributed by atoms with Crippen LogP contribution in [0.1, 0.15) is 47.0 Å². The molecule has 0 aromatic carbocycles. The summed E-state index contributed by atoms with van der Waals surface area (Å²) in [6.07, 6.45) is 3.59. The number of nitrogens with one attached hydrogen (secondary N) is 1. The summed E-state index contributed by atoms with van der Waals surface area (Å²) in [6, 6.07) is 0. The van der Waals surface area contributed by atoms with Crippen LogP contribution in [0, 0.1) is 11.8 Å². The van der Waals surface area contributed by atoms with Crippen LogP contribution in [0.4, 0.5) is 0 Å². The van der Waals surface area contributed by atoms with Crippen LogP contribution in [-0.2, 0) is 0 Å². The fraction of sp³-hybridized carbons (Fsp3) is 1.00. The van der Waals surface area contributed by atoms with Crippen molar-refractivity contribution in [1.29, 1.82) is 0 Å². The fourth-order valence-electron chi connectivity index (χ4n) is 2.95. The Morgan fingerprint density at radius 3 is 2.67 bits per heavy atom. The van der Waals surface area contributed by atoms with Crippen molar-refractivity contribution in [2.45, 2.75) is 52.5 Å². The molecule has 0 aromatic heterocycles. The van der Waals surface area contributed by atoms with Gasteiger partial charge >= 0.3 is 0 Å². The SMILES string of the molecule is CCNC(C)(CO)CCCN1CCC(C(C)C)C1. The molecule has 2 atom stereocenters. The molecule has 1 rings (SSSR count). The first kappa shape index (κ1) is 15.9. The summed E-state index contributed by atoms with van der Waals surface area (Å²) in [4.78, 5) is 2.59. The molecule has 0 aliphatic carbocycles. The van der Waals surface area contributed by atoms with Crippen molar-refractivity contribution in [1.82, 2.24) is 10.2 Å². The molecule has 1 saturated heterocycles. The molecule has 0 saturated carbocycles. The van der Waals surface area contributed by atoms with Crippen LogP contribution in [-0.4, -0.2) is 48.3 Å². The van der Waals surface area contributed by atoms with Gasteiger partial charge in [0.1, 0.15) is 0 Å². The molecular weight excluding hydrogens is 224 g/mol. The van der Waals surface area contributed by atoms with Crippen molar-refractivity contribution in [3.63, 3.8) is 0 Å². The van der Waals surface area contributed by atoms with E-state index in [1.54, 1.807) is 0 Å². The smallest absolute Gasteiger partial charge is 0.0610 e. The van der Waals surface area contributed by atoms with E-state index < -0.39 is 0 Å². The largest absolute Gasteiger partial charge is 0.394 e. The van der Waals surface area contributed by atoms with Gasteiger partial charge in [-0.1, -0.05) is 20.8 Å². The van der Waals surface area contributed by atoms with Gasteiger partial charge in [0.25, 0.3) is 0 Å². The van der Waals surface area contributed by atoms with E-state index >= 15 is 0 Å². The zero-order valence-electron chi connectivity index (χ0n) is 12.7. The summed E-state index contributed by atoms with van der Waals surface area (Å²) in [5.74, 6) is 1.71. The molecule has 0 aromatic rings. The standard InChI is InChI=1S/C15H32N2O/c1-5-16-15(4,12-18)8-6-9-17-10-7-14(11-17)13(2)3/h13-14,16,18H,5-12H2,1-4H3. The molecule has 0 radical (unpaired) electrons. The van der Waals surface area contributed by atoms with Gasteiger partial charge in [-0.05, 0) is 57.7 Å². The Kier molecular flexibility index (Phi) is 6.61. The van der Waals surface area contributed by atoms with E-state index in [2.05, 4.69) is 37.9 Å². The maximum Gasteiger partial charge on any atom is 0.0610 e. The average Bonchev–Trinajstić information content (AvgIpc) is 2.78. The monoisotopic (exact) mass is 256 g/mol. The van der Waals surface area contributed by atoms with E-state index in [-0.39, 0.29) is 12.1 Å². The van der Waals surface area contributed by atoms with E-state index in [1.165, 1.54) is 32.5 Å². The van der Waals surface area contributed by atoms with Gasteiger partial charge in [0, 0.05) is 12.1 Å². The summed E-state index contributed by atoms with van der Waals surface area (Å²) in [5.41, 5.74) is -0.0913. The van der Waals surface area contributed by atoms with Gasteiger partial charge in [-0.25, -0.2) is 0 Å². The molecular formula is C15H32N2O. The van der Waals surface area contributed by atoms with Crippen LogP contribution >= 0.6 is 0 Å². The average molecular weight is 256 g/mol. The van der Waals surface area contributed by atoms with Gasteiger partial charge < -0.3 is 15.3 Å². The molecule has 2 unspecified atom stereocenters. The third-order valence-electron chi connectivity index (χ3n) is 4.41. The Hall–Kier alpha value is -0.120. The lowest BCUT2D eigenvalue weighted by molar-refractivity contribution is 0.160. The van der Waals surface area contributed by atoms with Crippen molar-refractivity contribution in [2.24, 2.45) is 11.8 Å². The molecule has 3 nitrogen and oxygen atoms in total. The Bertz CT molecular complexity index is 233. The number of nitrogens with zero attached hydrogens (tertiary/aromatic N) is 1. The highest BCUT2D eigenvalue weighted by Crippen LogP contribution is 2.24. The maximum absolute atomic E-state index is 9.45. The summed E-state index contributed by atoms with van der Waals surface area (Å²) in [5, 5.41) is 12.8. The van der Waals surface area contributed by atoms with E-state index in [0.29, 0.717) is 0 Å². The molecule has 1 aliphatic rings.